The molecule has 2 aliphatic rings. The second-order valence-corrected chi connectivity index (χ2v) is 7.05. The molecule has 124 valence electrons. The summed E-state index contributed by atoms with van der Waals surface area (Å²) in [4.78, 5) is 41.3. The predicted molar refractivity (Wildman–Crippen MR) is 87.0 cm³/mol. The van der Waals surface area contributed by atoms with Gasteiger partial charge in [0.2, 0.25) is 5.91 Å². The van der Waals surface area contributed by atoms with Crippen molar-refractivity contribution in [3.63, 3.8) is 0 Å². The number of hydrogen-bond donors (Lipinski definition) is 1. The Morgan fingerprint density at radius 2 is 2.09 bits per heavy atom. The normalized spacial score (nSPS) is 19.7. The predicted octanol–water partition coefficient (Wildman–Crippen LogP) is 1.74. The molecule has 4 amide bonds. The van der Waals surface area contributed by atoms with E-state index in [1.807, 2.05) is 25.3 Å². The fourth-order valence-corrected chi connectivity index (χ4v) is 4.14. The summed E-state index contributed by atoms with van der Waals surface area (Å²) in [6.45, 7) is 4.77. The first kappa shape index (κ1) is 16.0. The van der Waals surface area contributed by atoms with Gasteiger partial charge in [0, 0.05) is 18.0 Å². The Kier molecular flexibility index (Phi) is 4.14. The average Bonchev–Trinajstić information content (AvgIpc) is 3.12. The summed E-state index contributed by atoms with van der Waals surface area (Å²) in [6, 6.07) is 1.58. The van der Waals surface area contributed by atoms with Gasteiger partial charge in [0.15, 0.2) is 0 Å². The number of carbonyl (C=O) groups excluding carboxylic acids is 3. The van der Waals surface area contributed by atoms with E-state index in [0.717, 1.165) is 11.3 Å². The van der Waals surface area contributed by atoms with E-state index in [4.69, 9.17) is 0 Å². The van der Waals surface area contributed by atoms with Crippen LogP contribution in [0.15, 0.2) is 11.4 Å². The Balaban J connectivity index is 1.69. The number of fused-ring (bicyclic) bond motifs is 1. The lowest BCUT2D eigenvalue weighted by atomic mass is 9.93. The first-order chi connectivity index (χ1) is 11.0. The minimum Gasteiger partial charge on any atom is -0.336 e. The number of rotatable bonds is 4. The number of hydrogen-bond acceptors (Lipinski definition) is 4. The number of amides is 4. The van der Waals surface area contributed by atoms with Crippen LogP contribution >= 0.6 is 11.3 Å². The number of imide groups is 1. The van der Waals surface area contributed by atoms with E-state index in [1.54, 1.807) is 16.2 Å². The van der Waals surface area contributed by atoms with Gasteiger partial charge in [-0.1, -0.05) is 13.8 Å². The van der Waals surface area contributed by atoms with E-state index in [2.05, 4.69) is 5.32 Å². The Bertz CT molecular complexity index is 651. The van der Waals surface area contributed by atoms with Crippen LogP contribution in [0.4, 0.5) is 4.79 Å². The van der Waals surface area contributed by atoms with Crippen LogP contribution in [0.25, 0.3) is 0 Å². The van der Waals surface area contributed by atoms with Crippen LogP contribution < -0.4 is 5.32 Å². The van der Waals surface area contributed by atoms with Gasteiger partial charge in [-0.05, 0) is 36.3 Å². The van der Waals surface area contributed by atoms with E-state index in [9.17, 15) is 14.4 Å². The third-order valence-electron chi connectivity index (χ3n) is 4.91. The maximum Gasteiger partial charge on any atom is 0.325 e. The number of thiophene rings is 1. The molecule has 0 unspecified atom stereocenters. The maximum absolute atomic E-state index is 12.5. The molecule has 2 aliphatic heterocycles. The quantitative estimate of drug-likeness (QED) is 0.852. The molecule has 0 aromatic carbocycles. The molecule has 0 radical (unpaired) electrons. The summed E-state index contributed by atoms with van der Waals surface area (Å²) in [6.07, 6.45) is 1.90. The third kappa shape index (κ3) is 2.63. The maximum atomic E-state index is 12.5. The van der Waals surface area contributed by atoms with Crippen molar-refractivity contribution in [2.24, 2.45) is 0 Å². The van der Waals surface area contributed by atoms with Gasteiger partial charge < -0.3 is 10.2 Å². The second-order valence-electron chi connectivity index (χ2n) is 6.04. The van der Waals surface area contributed by atoms with E-state index in [0.29, 0.717) is 25.9 Å². The molecular formula is C16H21N3O3S. The zero-order valence-corrected chi connectivity index (χ0v) is 14.2. The smallest absolute Gasteiger partial charge is 0.325 e. The van der Waals surface area contributed by atoms with Crippen molar-refractivity contribution in [2.45, 2.75) is 45.2 Å². The van der Waals surface area contributed by atoms with Crippen molar-refractivity contribution < 1.29 is 14.4 Å². The molecular weight excluding hydrogens is 314 g/mol. The minimum absolute atomic E-state index is 0.173. The molecule has 23 heavy (non-hydrogen) atoms. The SMILES string of the molecule is CCC1(CC)NC(=O)N(CC(=O)N2CCc3sccc3C2)C1=O. The number of carbonyl (C=O) groups is 3. The van der Waals surface area contributed by atoms with Crippen LogP contribution in [-0.4, -0.2) is 46.3 Å². The van der Waals surface area contributed by atoms with Gasteiger partial charge in [0.05, 0.1) is 0 Å². The van der Waals surface area contributed by atoms with Gasteiger partial charge >= 0.3 is 6.03 Å². The molecule has 1 N–H and O–H groups in total. The monoisotopic (exact) mass is 335 g/mol. The summed E-state index contributed by atoms with van der Waals surface area (Å²) in [5, 5.41) is 4.79. The Labute approximate surface area is 139 Å². The summed E-state index contributed by atoms with van der Waals surface area (Å²) in [5.74, 6) is -0.456. The van der Waals surface area contributed by atoms with Crippen LogP contribution in [0, 0.1) is 0 Å². The average molecular weight is 335 g/mol. The lowest BCUT2D eigenvalue weighted by Gasteiger charge is -2.28. The molecule has 1 saturated heterocycles. The molecule has 0 saturated carbocycles. The molecule has 6 nitrogen and oxygen atoms in total. The lowest BCUT2D eigenvalue weighted by Crippen LogP contribution is -2.47. The van der Waals surface area contributed by atoms with Gasteiger partial charge in [-0.2, -0.15) is 0 Å². The van der Waals surface area contributed by atoms with Gasteiger partial charge in [-0.3, -0.25) is 14.5 Å². The van der Waals surface area contributed by atoms with E-state index < -0.39 is 11.6 Å². The summed E-state index contributed by atoms with van der Waals surface area (Å²) in [5.41, 5.74) is 0.322. The highest BCUT2D eigenvalue weighted by molar-refractivity contribution is 7.10. The van der Waals surface area contributed by atoms with Gasteiger partial charge in [0.1, 0.15) is 12.1 Å². The highest BCUT2D eigenvalue weighted by Gasteiger charge is 2.49. The van der Waals surface area contributed by atoms with Gasteiger partial charge in [-0.25, -0.2) is 4.79 Å². The van der Waals surface area contributed by atoms with Crippen molar-refractivity contribution in [3.05, 3.63) is 21.9 Å². The largest absolute Gasteiger partial charge is 0.336 e. The molecule has 1 aromatic rings. The fourth-order valence-electron chi connectivity index (χ4n) is 3.25. The van der Waals surface area contributed by atoms with Gasteiger partial charge in [0.25, 0.3) is 5.91 Å². The van der Waals surface area contributed by atoms with Crippen molar-refractivity contribution in [1.29, 1.82) is 0 Å². The van der Waals surface area contributed by atoms with Crippen molar-refractivity contribution >= 4 is 29.2 Å². The first-order valence-electron chi connectivity index (χ1n) is 7.98. The Morgan fingerprint density at radius 3 is 2.74 bits per heavy atom. The van der Waals surface area contributed by atoms with E-state index in [1.165, 1.54) is 10.4 Å². The molecule has 3 heterocycles. The zero-order valence-electron chi connectivity index (χ0n) is 13.4. The van der Waals surface area contributed by atoms with Crippen LogP contribution in [0.1, 0.15) is 37.1 Å². The summed E-state index contributed by atoms with van der Waals surface area (Å²) in [7, 11) is 0. The summed E-state index contributed by atoms with van der Waals surface area (Å²) >= 11 is 1.71. The highest BCUT2D eigenvalue weighted by atomic mass is 32.1. The zero-order chi connectivity index (χ0) is 16.6. The minimum atomic E-state index is -0.847. The van der Waals surface area contributed by atoms with E-state index in [-0.39, 0.29) is 18.4 Å². The third-order valence-corrected chi connectivity index (χ3v) is 5.93. The number of nitrogens with zero attached hydrogens (tertiary/aromatic N) is 2. The molecule has 1 aromatic heterocycles. The number of nitrogens with one attached hydrogen (secondary N) is 1. The molecule has 7 heteroatoms. The Morgan fingerprint density at radius 1 is 1.35 bits per heavy atom. The molecule has 0 bridgehead atoms. The van der Waals surface area contributed by atoms with Crippen LogP contribution in [0.5, 0.6) is 0 Å². The van der Waals surface area contributed by atoms with Crippen LogP contribution in [-0.2, 0) is 22.6 Å². The molecule has 1 fully saturated rings. The molecule has 0 spiro atoms. The van der Waals surface area contributed by atoms with Crippen molar-refractivity contribution in [1.82, 2.24) is 15.1 Å². The second kappa shape index (κ2) is 5.96. The van der Waals surface area contributed by atoms with Crippen LogP contribution in [0.3, 0.4) is 0 Å². The number of urea groups is 1. The Hall–Kier alpha value is -1.89. The molecule has 0 aliphatic carbocycles. The molecule has 0 atom stereocenters. The van der Waals surface area contributed by atoms with Gasteiger partial charge in [-0.15, -0.1) is 11.3 Å². The van der Waals surface area contributed by atoms with Crippen LogP contribution in [0.2, 0.25) is 0 Å². The first-order valence-corrected chi connectivity index (χ1v) is 8.86. The fraction of sp³-hybridized carbons (Fsp3) is 0.562. The van der Waals surface area contributed by atoms with E-state index >= 15 is 0 Å². The molecule has 3 rings (SSSR count). The van der Waals surface area contributed by atoms with Crippen molar-refractivity contribution in [2.75, 3.05) is 13.1 Å². The summed E-state index contributed by atoms with van der Waals surface area (Å²) < 4.78 is 0. The topological polar surface area (TPSA) is 69.7 Å². The lowest BCUT2D eigenvalue weighted by molar-refractivity contribution is -0.139. The van der Waals surface area contributed by atoms with Crippen molar-refractivity contribution in [3.8, 4) is 0 Å². The standard InChI is InChI=1S/C16H21N3O3S/c1-3-16(4-2)14(21)19(15(22)17-16)10-13(20)18-7-5-12-11(9-18)6-8-23-12/h6,8H,3-5,7,9-10H2,1-2H3,(H,17,22). The highest BCUT2D eigenvalue weighted by Crippen LogP contribution is 2.26.